The molecule has 4 N–H and O–H groups in total. The van der Waals surface area contributed by atoms with Crippen LogP contribution in [-0.4, -0.2) is 31.1 Å². The SMILES string of the molecule is COC(=O)C(NC(=O)c1cccc(NC(N)=O)c1)C(C)C. The Morgan fingerprint density at radius 2 is 1.90 bits per heavy atom. The molecule has 1 atom stereocenters. The lowest BCUT2D eigenvalue weighted by Gasteiger charge is -2.19. The van der Waals surface area contributed by atoms with Gasteiger partial charge in [0.1, 0.15) is 6.04 Å². The Kier molecular flexibility index (Phi) is 5.71. The van der Waals surface area contributed by atoms with Gasteiger partial charge in [-0.2, -0.15) is 0 Å². The molecule has 114 valence electrons. The van der Waals surface area contributed by atoms with E-state index in [0.717, 1.165) is 0 Å². The van der Waals surface area contributed by atoms with E-state index in [-0.39, 0.29) is 5.92 Å². The molecular weight excluding hydrogens is 274 g/mol. The van der Waals surface area contributed by atoms with Crippen molar-refractivity contribution < 1.29 is 19.1 Å². The first-order valence-electron chi connectivity index (χ1n) is 6.40. The molecule has 0 spiro atoms. The molecule has 0 heterocycles. The summed E-state index contributed by atoms with van der Waals surface area (Å²) in [7, 11) is 1.27. The summed E-state index contributed by atoms with van der Waals surface area (Å²) in [5.41, 5.74) is 5.72. The number of nitrogens with two attached hydrogens (primary N) is 1. The van der Waals surface area contributed by atoms with Crippen LogP contribution in [0.5, 0.6) is 0 Å². The molecule has 7 nitrogen and oxygen atoms in total. The standard InChI is InChI=1S/C14H19N3O4/c1-8(2)11(13(19)21-3)17-12(18)9-5-4-6-10(7-9)16-14(15)20/h4-8,11H,1-3H3,(H,17,18)(H3,15,16,20). The molecule has 0 bridgehead atoms. The molecule has 0 aliphatic carbocycles. The van der Waals surface area contributed by atoms with Crippen LogP contribution >= 0.6 is 0 Å². The van der Waals surface area contributed by atoms with Crippen LogP contribution in [0.2, 0.25) is 0 Å². The summed E-state index contributed by atoms with van der Waals surface area (Å²) in [6.45, 7) is 3.60. The van der Waals surface area contributed by atoms with Crippen LogP contribution in [0.4, 0.5) is 10.5 Å². The van der Waals surface area contributed by atoms with E-state index in [0.29, 0.717) is 11.3 Å². The van der Waals surface area contributed by atoms with Crippen molar-refractivity contribution in [2.24, 2.45) is 11.7 Å². The third-order valence-corrected chi connectivity index (χ3v) is 2.80. The molecule has 0 aromatic heterocycles. The maximum absolute atomic E-state index is 12.2. The number of rotatable bonds is 5. The molecule has 1 rings (SSSR count). The van der Waals surface area contributed by atoms with Crippen LogP contribution in [-0.2, 0) is 9.53 Å². The second-order valence-electron chi connectivity index (χ2n) is 4.79. The Morgan fingerprint density at radius 3 is 2.43 bits per heavy atom. The first kappa shape index (κ1) is 16.5. The van der Waals surface area contributed by atoms with E-state index in [1.165, 1.54) is 13.2 Å². The Balaban J connectivity index is 2.87. The molecule has 0 saturated carbocycles. The van der Waals surface area contributed by atoms with Gasteiger partial charge in [-0.3, -0.25) is 4.79 Å². The second-order valence-corrected chi connectivity index (χ2v) is 4.79. The number of primary amides is 1. The zero-order valence-corrected chi connectivity index (χ0v) is 12.2. The molecule has 21 heavy (non-hydrogen) atoms. The molecule has 0 fully saturated rings. The summed E-state index contributed by atoms with van der Waals surface area (Å²) in [6.07, 6.45) is 0. The molecule has 3 amide bonds. The van der Waals surface area contributed by atoms with Gasteiger partial charge in [0.05, 0.1) is 7.11 Å². The van der Waals surface area contributed by atoms with Crippen molar-refractivity contribution >= 4 is 23.6 Å². The van der Waals surface area contributed by atoms with Crippen molar-refractivity contribution in [3.8, 4) is 0 Å². The first-order valence-corrected chi connectivity index (χ1v) is 6.40. The average molecular weight is 293 g/mol. The van der Waals surface area contributed by atoms with E-state index in [1.807, 2.05) is 0 Å². The van der Waals surface area contributed by atoms with Gasteiger partial charge in [0.25, 0.3) is 5.91 Å². The molecule has 0 aliphatic heterocycles. The number of benzene rings is 1. The highest BCUT2D eigenvalue weighted by Gasteiger charge is 2.25. The summed E-state index contributed by atoms with van der Waals surface area (Å²) in [5, 5.41) is 4.98. The normalized spacial score (nSPS) is 11.6. The van der Waals surface area contributed by atoms with Crippen LogP contribution in [0, 0.1) is 5.92 Å². The van der Waals surface area contributed by atoms with Gasteiger partial charge in [-0.1, -0.05) is 19.9 Å². The second kappa shape index (κ2) is 7.28. The number of ether oxygens (including phenoxy) is 1. The zero-order valence-electron chi connectivity index (χ0n) is 12.2. The summed E-state index contributed by atoms with van der Waals surface area (Å²) < 4.78 is 4.66. The van der Waals surface area contributed by atoms with Crippen molar-refractivity contribution in [1.82, 2.24) is 5.32 Å². The number of amides is 3. The number of hydrogen-bond donors (Lipinski definition) is 3. The van der Waals surface area contributed by atoms with Crippen molar-refractivity contribution in [3.63, 3.8) is 0 Å². The number of hydrogen-bond acceptors (Lipinski definition) is 4. The van der Waals surface area contributed by atoms with E-state index in [9.17, 15) is 14.4 Å². The number of nitrogens with one attached hydrogen (secondary N) is 2. The molecule has 1 aromatic carbocycles. The average Bonchev–Trinajstić information content (AvgIpc) is 2.42. The van der Waals surface area contributed by atoms with E-state index < -0.39 is 23.9 Å². The Hall–Kier alpha value is -2.57. The fourth-order valence-corrected chi connectivity index (χ4v) is 1.73. The van der Waals surface area contributed by atoms with E-state index >= 15 is 0 Å². The largest absolute Gasteiger partial charge is 0.467 e. The van der Waals surface area contributed by atoms with Crippen LogP contribution in [0.15, 0.2) is 24.3 Å². The lowest BCUT2D eigenvalue weighted by atomic mass is 10.0. The minimum atomic E-state index is -0.741. The highest BCUT2D eigenvalue weighted by molar-refractivity contribution is 5.98. The topological polar surface area (TPSA) is 111 Å². The van der Waals surface area contributed by atoms with Gasteiger partial charge in [0, 0.05) is 11.3 Å². The first-order chi connectivity index (χ1) is 9.85. The molecule has 0 saturated heterocycles. The van der Waals surface area contributed by atoms with Gasteiger partial charge < -0.3 is 21.1 Å². The smallest absolute Gasteiger partial charge is 0.328 e. The van der Waals surface area contributed by atoms with Crippen LogP contribution in [0.1, 0.15) is 24.2 Å². The molecule has 1 aromatic rings. The fraction of sp³-hybridized carbons (Fsp3) is 0.357. The lowest BCUT2D eigenvalue weighted by Crippen LogP contribution is -2.45. The zero-order chi connectivity index (χ0) is 16.0. The van der Waals surface area contributed by atoms with Gasteiger partial charge >= 0.3 is 12.0 Å². The van der Waals surface area contributed by atoms with Gasteiger partial charge in [0.2, 0.25) is 0 Å². The molecule has 0 radical (unpaired) electrons. The van der Waals surface area contributed by atoms with E-state index in [4.69, 9.17) is 5.73 Å². The number of anilines is 1. The number of carbonyl (C=O) groups excluding carboxylic acids is 3. The highest BCUT2D eigenvalue weighted by atomic mass is 16.5. The number of methoxy groups -OCH3 is 1. The molecule has 1 unspecified atom stereocenters. The number of carbonyl (C=O) groups is 3. The fourth-order valence-electron chi connectivity index (χ4n) is 1.73. The molecular formula is C14H19N3O4. The number of esters is 1. The van der Waals surface area contributed by atoms with Gasteiger partial charge in [-0.25, -0.2) is 9.59 Å². The predicted molar refractivity (Wildman–Crippen MR) is 77.8 cm³/mol. The van der Waals surface area contributed by atoms with Gasteiger partial charge in [-0.05, 0) is 24.1 Å². The predicted octanol–water partition coefficient (Wildman–Crippen LogP) is 1.10. The number of urea groups is 1. The van der Waals surface area contributed by atoms with Gasteiger partial charge in [-0.15, -0.1) is 0 Å². The van der Waals surface area contributed by atoms with Crippen LogP contribution in [0.3, 0.4) is 0 Å². The van der Waals surface area contributed by atoms with E-state index in [1.54, 1.807) is 32.0 Å². The maximum Gasteiger partial charge on any atom is 0.328 e. The minimum Gasteiger partial charge on any atom is -0.467 e. The Bertz CT molecular complexity index is 543. The summed E-state index contributed by atoms with van der Waals surface area (Å²) in [5.74, 6) is -1.06. The van der Waals surface area contributed by atoms with Crippen molar-refractivity contribution in [2.75, 3.05) is 12.4 Å². The molecule has 7 heteroatoms. The molecule has 0 aliphatic rings. The highest BCUT2D eigenvalue weighted by Crippen LogP contribution is 2.12. The quantitative estimate of drug-likeness (QED) is 0.706. The van der Waals surface area contributed by atoms with Crippen molar-refractivity contribution in [3.05, 3.63) is 29.8 Å². The summed E-state index contributed by atoms with van der Waals surface area (Å²) in [6, 6.07) is 4.77. The van der Waals surface area contributed by atoms with Crippen molar-refractivity contribution in [2.45, 2.75) is 19.9 Å². The third kappa shape index (κ3) is 4.79. The maximum atomic E-state index is 12.2. The van der Waals surface area contributed by atoms with Gasteiger partial charge in [0.15, 0.2) is 0 Å². The van der Waals surface area contributed by atoms with Crippen molar-refractivity contribution in [1.29, 1.82) is 0 Å². The summed E-state index contributed by atoms with van der Waals surface area (Å²) in [4.78, 5) is 34.6. The Labute approximate surface area is 122 Å². The summed E-state index contributed by atoms with van der Waals surface area (Å²) >= 11 is 0. The van der Waals surface area contributed by atoms with Crippen LogP contribution in [0.25, 0.3) is 0 Å². The van der Waals surface area contributed by atoms with Crippen LogP contribution < -0.4 is 16.4 Å². The lowest BCUT2D eigenvalue weighted by molar-refractivity contribution is -0.144. The minimum absolute atomic E-state index is 0.117. The Morgan fingerprint density at radius 1 is 1.24 bits per heavy atom. The van der Waals surface area contributed by atoms with E-state index in [2.05, 4.69) is 15.4 Å². The third-order valence-electron chi connectivity index (χ3n) is 2.80. The monoisotopic (exact) mass is 293 g/mol.